The predicted molar refractivity (Wildman–Crippen MR) is 121 cm³/mol. The van der Waals surface area contributed by atoms with Crippen LogP contribution in [0.2, 0.25) is 0 Å². The highest BCUT2D eigenvalue weighted by molar-refractivity contribution is 7.86. The summed E-state index contributed by atoms with van der Waals surface area (Å²) >= 11 is 0. The lowest BCUT2D eigenvalue weighted by molar-refractivity contribution is 0.0696. The number of nitrogens with zero attached hydrogens (tertiary/aromatic N) is 1. The van der Waals surface area contributed by atoms with E-state index in [0.717, 1.165) is 11.6 Å². The smallest absolute Gasteiger partial charge is 0.335 e. The Labute approximate surface area is 189 Å². The maximum absolute atomic E-state index is 12.0. The van der Waals surface area contributed by atoms with Gasteiger partial charge >= 0.3 is 5.97 Å². The van der Waals surface area contributed by atoms with E-state index in [1.807, 2.05) is 6.92 Å². The zero-order valence-electron chi connectivity index (χ0n) is 17.5. The van der Waals surface area contributed by atoms with E-state index < -0.39 is 41.4 Å². The highest BCUT2D eigenvalue weighted by Gasteiger charge is 2.39. The van der Waals surface area contributed by atoms with Crippen molar-refractivity contribution in [3.8, 4) is 0 Å². The Morgan fingerprint density at radius 1 is 0.939 bits per heavy atom. The normalized spacial score (nSPS) is 18.2. The molecule has 0 bridgehead atoms. The number of aromatic carboxylic acids is 1. The van der Waals surface area contributed by atoms with Gasteiger partial charge < -0.3 is 5.11 Å². The van der Waals surface area contributed by atoms with Crippen LogP contribution in [0.25, 0.3) is 10.8 Å². The number of hydrogen-bond donors (Lipinski definition) is 3. The SMILES string of the molecule is CC1=Nc2ccc3c(S(=O)(=O)O)cc(S(=O)(=O)O)cc3c2C1(C)Cc1ccc(C(=O)O)cc1. The lowest BCUT2D eigenvalue weighted by atomic mass is 9.73. The zero-order valence-corrected chi connectivity index (χ0v) is 19.1. The second-order valence-corrected chi connectivity index (χ2v) is 10.9. The summed E-state index contributed by atoms with van der Waals surface area (Å²) < 4.78 is 67.1. The topological polar surface area (TPSA) is 158 Å². The molecular formula is C22H19NO8S2. The molecule has 1 unspecified atom stereocenters. The molecule has 3 aromatic rings. The van der Waals surface area contributed by atoms with E-state index in [-0.39, 0.29) is 16.3 Å². The van der Waals surface area contributed by atoms with E-state index in [1.165, 1.54) is 18.2 Å². The van der Waals surface area contributed by atoms with Crippen LogP contribution < -0.4 is 0 Å². The lowest BCUT2D eigenvalue weighted by Gasteiger charge is -2.28. The third-order valence-electron chi connectivity index (χ3n) is 6.02. The first kappa shape index (κ1) is 23.1. The fourth-order valence-corrected chi connectivity index (χ4v) is 5.61. The third-order valence-corrected chi connectivity index (χ3v) is 7.75. The molecule has 0 aromatic heterocycles. The van der Waals surface area contributed by atoms with Crippen molar-refractivity contribution in [2.24, 2.45) is 4.99 Å². The monoisotopic (exact) mass is 489 g/mol. The molecule has 1 heterocycles. The van der Waals surface area contributed by atoms with Crippen molar-refractivity contribution in [1.82, 2.24) is 0 Å². The quantitative estimate of drug-likeness (QED) is 0.458. The van der Waals surface area contributed by atoms with E-state index in [0.29, 0.717) is 29.4 Å². The Balaban J connectivity index is 1.99. The van der Waals surface area contributed by atoms with Crippen LogP contribution in [0.15, 0.2) is 63.3 Å². The van der Waals surface area contributed by atoms with Crippen molar-refractivity contribution < 1.29 is 35.8 Å². The summed E-state index contributed by atoms with van der Waals surface area (Å²) in [6.45, 7) is 3.64. The molecule has 0 spiro atoms. The minimum absolute atomic E-state index is 0.0843. The highest BCUT2D eigenvalue weighted by atomic mass is 32.2. The zero-order chi connectivity index (χ0) is 24.3. The molecule has 3 N–H and O–H groups in total. The maximum Gasteiger partial charge on any atom is 0.335 e. The Hall–Kier alpha value is -3.12. The maximum atomic E-state index is 12.0. The lowest BCUT2D eigenvalue weighted by Crippen LogP contribution is -2.30. The van der Waals surface area contributed by atoms with Gasteiger partial charge in [0.2, 0.25) is 0 Å². The van der Waals surface area contributed by atoms with Gasteiger partial charge in [-0.3, -0.25) is 14.1 Å². The van der Waals surface area contributed by atoms with Gasteiger partial charge in [-0.25, -0.2) is 4.79 Å². The Morgan fingerprint density at radius 2 is 1.58 bits per heavy atom. The van der Waals surface area contributed by atoms with Gasteiger partial charge in [0.05, 0.1) is 16.1 Å². The van der Waals surface area contributed by atoms with Crippen LogP contribution in [0.4, 0.5) is 5.69 Å². The van der Waals surface area contributed by atoms with Crippen molar-refractivity contribution >= 4 is 48.4 Å². The summed E-state index contributed by atoms with van der Waals surface area (Å²) in [5.74, 6) is -1.06. The Kier molecular flexibility index (Phi) is 5.21. The molecule has 0 saturated carbocycles. The average molecular weight is 490 g/mol. The molecule has 11 heteroatoms. The molecule has 0 aliphatic carbocycles. The van der Waals surface area contributed by atoms with E-state index in [1.54, 1.807) is 25.1 Å². The van der Waals surface area contributed by atoms with Crippen molar-refractivity contribution in [3.05, 3.63) is 65.2 Å². The van der Waals surface area contributed by atoms with Gasteiger partial charge in [-0.2, -0.15) is 16.8 Å². The van der Waals surface area contributed by atoms with Crippen molar-refractivity contribution in [2.75, 3.05) is 0 Å². The first-order chi connectivity index (χ1) is 15.2. The molecule has 0 saturated heterocycles. The molecule has 33 heavy (non-hydrogen) atoms. The molecule has 1 aliphatic rings. The summed E-state index contributed by atoms with van der Waals surface area (Å²) in [5.41, 5.74) is 1.81. The number of aliphatic imine (C=N–C) groups is 1. The number of rotatable bonds is 5. The standard InChI is InChI=1S/C22H19NO8S2/c1-12-22(2,11-13-3-5-14(6-4-13)21(24)25)20-17-9-15(32(26,27)28)10-19(33(29,30)31)16(17)7-8-18(20)23-12/h3-10H,11H2,1-2H3,(H,24,25)(H,26,27,28)(H,29,30,31). The molecule has 0 radical (unpaired) electrons. The molecule has 0 fully saturated rings. The molecule has 9 nitrogen and oxygen atoms in total. The van der Waals surface area contributed by atoms with Crippen molar-refractivity contribution in [2.45, 2.75) is 35.5 Å². The minimum Gasteiger partial charge on any atom is -0.478 e. The average Bonchev–Trinajstić information content (AvgIpc) is 2.96. The fourth-order valence-electron chi connectivity index (χ4n) is 4.27. The summed E-state index contributed by atoms with van der Waals surface area (Å²) in [4.78, 5) is 14.4. The third kappa shape index (κ3) is 3.93. The summed E-state index contributed by atoms with van der Waals surface area (Å²) in [5, 5.41) is 9.42. The summed E-state index contributed by atoms with van der Waals surface area (Å²) in [7, 11) is -9.61. The molecule has 0 amide bonds. The van der Waals surface area contributed by atoms with Crippen molar-refractivity contribution in [3.63, 3.8) is 0 Å². The van der Waals surface area contributed by atoms with Crippen LogP contribution in [0, 0.1) is 0 Å². The van der Waals surface area contributed by atoms with Crippen LogP contribution in [0.3, 0.4) is 0 Å². The number of hydrogen-bond acceptors (Lipinski definition) is 6. The minimum atomic E-state index is -4.82. The second kappa shape index (κ2) is 7.45. The van der Waals surface area contributed by atoms with E-state index in [2.05, 4.69) is 4.99 Å². The fraction of sp³-hybridized carbons (Fsp3) is 0.182. The van der Waals surface area contributed by atoms with Crippen LogP contribution in [0.1, 0.15) is 35.3 Å². The highest BCUT2D eigenvalue weighted by Crippen LogP contribution is 2.47. The largest absolute Gasteiger partial charge is 0.478 e. The number of benzene rings is 3. The first-order valence-electron chi connectivity index (χ1n) is 9.66. The first-order valence-corrected chi connectivity index (χ1v) is 12.5. The van der Waals surface area contributed by atoms with Gasteiger partial charge in [0.25, 0.3) is 20.2 Å². The van der Waals surface area contributed by atoms with Crippen LogP contribution in [-0.4, -0.2) is 42.7 Å². The van der Waals surface area contributed by atoms with Gasteiger partial charge in [0, 0.05) is 16.5 Å². The van der Waals surface area contributed by atoms with E-state index >= 15 is 0 Å². The summed E-state index contributed by atoms with van der Waals surface area (Å²) in [6, 6.07) is 11.2. The molecular weight excluding hydrogens is 470 g/mol. The van der Waals surface area contributed by atoms with Crippen LogP contribution >= 0.6 is 0 Å². The van der Waals surface area contributed by atoms with Gasteiger partial charge in [0.15, 0.2) is 0 Å². The molecule has 4 rings (SSSR count). The Morgan fingerprint density at radius 3 is 2.12 bits per heavy atom. The van der Waals surface area contributed by atoms with Gasteiger partial charge in [-0.15, -0.1) is 0 Å². The second-order valence-electron chi connectivity index (χ2n) is 8.13. The van der Waals surface area contributed by atoms with E-state index in [4.69, 9.17) is 5.11 Å². The van der Waals surface area contributed by atoms with E-state index in [9.17, 15) is 30.7 Å². The van der Waals surface area contributed by atoms with Gasteiger partial charge in [-0.1, -0.05) is 18.2 Å². The number of fused-ring (bicyclic) bond motifs is 3. The summed E-state index contributed by atoms with van der Waals surface area (Å²) in [6.07, 6.45) is 0.353. The molecule has 1 aliphatic heterocycles. The Bertz CT molecular complexity index is 1570. The van der Waals surface area contributed by atoms with Gasteiger partial charge in [0.1, 0.15) is 4.90 Å². The van der Waals surface area contributed by atoms with Gasteiger partial charge in [-0.05, 0) is 67.1 Å². The number of carboxylic acids is 1. The molecule has 172 valence electrons. The predicted octanol–water partition coefficient (Wildman–Crippen LogP) is 3.64. The molecule has 1 atom stereocenters. The number of carbonyl (C=O) groups is 1. The number of carboxylic acid groups (broad SMARTS) is 1. The van der Waals surface area contributed by atoms with Crippen LogP contribution in [-0.2, 0) is 32.1 Å². The van der Waals surface area contributed by atoms with Crippen LogP contribution in [0.5, 0.6) is 0 Å². The van der Waals surface area contributed by atoms with Crippen molar-refractivity contribution in [1.29, 1.82) is 0 Å². The molecule has 3 aromatic carbocycles.